The topological polar surface area (TPSA) is 70.1 Å². The highest BCUT2D eigenvalue weighted by atomic mass is 16.6. The van der Waals surface area contributed by atoms with Crippen molar-refractivity contribution in [3.8, 4) is 11.1 Å². The lowest BCUT2D eigenvalue weighted by atomic mass is 9.98. The summed E-state index contributed by atoms with van der Waals surface area (Å²) in [5.74, 6) is 0.0355. The molecule has 0 saturated carbocycles. The Morgan fingerprint density at radius 3 is 2.00 bits per heavy atom. The molecule has 6 heteroatoms. The largest absolute Gasteiger partial charge is 0.465 e. The Hall–Kier alpha value is -3.02. The van der Waals surface area contributed by atoms with Crippen LogP contribution in [0, 0.1) is 0 Å². The van der Waals surface area contributed by atoms with E-state index in [2.05, 4.69) is 24.3 Å². The zero-order valence-electron chi connectivity index (χ0n) is 15.5. The van der Waals surface area contributed by atoms with E-state index in [1.807, 2.05) is 24.3 Å². The van der Waals surface area contributed by atoms with Gasteiger partial charge in [-0.3, -0.25) is 4.90 Å². The molecule has 2 heterocycles. The van der Waals surface area contributed by atoms with Crippen LogP contribution in [0.15, 0.2) is 48.5 Å². The van der Waals surface area contributed by atoms with Crippen LogP contribution in [0.3, 0.4) is 0 Å². The number of likely N-dealkylation sites (tertiary alicyclic amines) is 1. The lowest BCUT2D eigenvalue weighted by Crippen LogP contribution is -2.56. The molecule has 1 aliphatic carbocycles. The van der Waals surface area contributed by atoms with Crippen molar-refractivity contribution in [2.24, 2.45) is 0 Å². The fourth-order valence-corrected chi connectivity index (χ4v) is 5.05. The van der Waals surface area contributed by atoms with Crippen LogP contribution in [0.25, 0.3) is 11.1 Å². The predicted octanol–water partition coefficient (Wildman–Crippen LogP) is 3.76. The van der Waals surface area contributed by atoms with Crippen molar-refractivity contribution in [2.75, 3.05) is 19.7 Å². The van der Waals surface area contributed by atoms with Crippen LogP contribution in [0.5, 0.6) is 0 Å². The van der Waals surface area contributed by atoms with Gasteiger partial charge >= 0.3 is 12.2 Å². The van der Waals surface area contributed by atoms with Gasteiger partial charge in [0.15, 0.2) is 0 Å². The van der Waals surface area contributed by atoms with Gasteiger partial charge in [0, 0.05) is 19.0 Å². The first-order chi connectivity index (χ1) is 13.6. The lowest BCUT2D eigenvalue weighted by molar-refractivity contribution is 0.0447. The summed E-state index contributed by atoms with van der Waals surface area (Å²) in [7, 11) is 0. The molecule has 3 aliphatic rings. The zero-order chi connectivity index (χ0) is 19.3. The summed E-state index contributed by atoms with van der Waals surface area (Å²) in [5.41, 5.74) is 4.78. The number of hydrogen-bond acceptors (Lipinski definition) is 3. The Bertz CT molecular complexity index is 884. The fraction of sp³-hybridized carbons (Fsp3) is 0.364. The average Bonchev–Trinajstić information content (AvgIpc) is 3.17. The molecule has 1 N–H and O–H groups in total. The lowest BCUT2D eigenvalue weighted by Gasteiger charge is -2.38. The highest BCUT2D eigenvalue weighted by Gasteiger charge is 2.44. The van der Waals surface area contributed by atoms with E-state index in [4.69, 9.17) is 4.74 Å². The molecule has 0 aromatic heterocycles. The van der Waals surface area contributed by atoms with E-state index in [0.29, 0.717) is 19.7 Å². The van der Waals surface area contributed by atoms with E-state index < -0.39 is 6.09 Å². The van der Waals surface area contributed by atoms with Crippen molar-refractivity contribution in [1.29, 1.82) is 0 Å². The SMILES string of the molecule is O=C(OCC1c2ccccc2-c2ccccc21)N1CC2CCC(C1)N2C(=O)O. The molecule has 2 aromatic rings. The molecule has 144 valence electrons. The van der Waals surface area contributed by atoms with Crippen LogP contribution >= 0.6 is 0 Å². The number of rotatable bonds is 2. The number of hydrogen-bond donors (Lipinski definition) is 1. The standard InChI is InChI=1S/C22H22N2O4/c25-21(26)24-14-9-10-15(24)12-23(11-14)22(27)28-13-20-18-7-3-1-5-16(18)17-6-2-4-8-19(17)20/h1-8,14-15,20H,9-13H2,(H,25,26). The molecule has 2 aromatic carbocycles. The minimum Gasteiger partial charge on any atom is -0.465 e. The second kappa shape index (κ2) is 6.55. The summed E-state index contributed by atoms with van der Waals surface area (Å²) in [6.07, 6.45) is 0.386. The first-order valence-electron chi connectivity index (χ1n) is 9.74. The molecular weight excluding hydrogens is 356 g/mol. The fourth-order valence-electron chi connectivity index (χ4n) is 5.05. The van der Waals surface area contributed by atoms with Crippen molar-refractivity contribution in [2.45, 2.75) is 30.8 Å². The van der Waals surface area contributed by atoms with E-state index in [-0.39, 0.29) is 24.1 Å². The van der Waals surface area contributed by atoms with Crippen molar-refractivity contribution in [3.63, 3.8) is 0 Å². The van der Waals surface area contributed by atoms with Gasteiger partial charge in [0.05, 0.1) is 12.1 Å². The number of carboxylic acid groups (broad SMARTS) is 1. The van der Waals surface area contributed by atoms with Crippen LogP contribution in [0.2, 0.25) is 0 Å². The minimum absolute atomic E-state index is 0.0355. The summed E-state index contributed by atoms with van der Waals surface area (Å²) in [6.45, 7) is 1.13. The predicted molar refractivity (Wildman–Crippen MR) is 103 cm³/mol. The second-order valence-electron chi connectivity index (χ2n) is 7.78. The van der Waals surface area contributed by atoms with Crippen molar-refractivity contribution >= 4 is 12.2 Å². The van der Waals surface area contributed by atoms with Crippen molar-refractivity contribution < 1.29 is 19.4 Å². The average molecular weight is 378 g/mol. The first kappa shape index (κ1) is 17.1. The Morgan fingerprint density at radius 2 is 1.46 bits per heavy atom. The number of amides is 2. The molecule has 2 fully saturated rings. The van der Waals surface area contributed by atoms with Crippen LogP contribution in [-0.4, -0.2) is 58.9 Å². The number of nitrogens with zero attached hydrogens (tertiary/aromatic N) is 2. The zero-order valence-corrected chi connectivity index (χ0v) is 15.5. The van der Waals surface area contributed by atoms with Gasteiger partial charge in [-0.25, -0.2) is 9.59 Å². The monoisotopic (exact) mass is 378 g/mol. The molecule has 2 bridgehead atoms. The number of benzene rings is 2. The molecule has 5 rings (SSSR count). The molecule has 2 saturated heterocycles. The summed E-state index contributed by atoms with van der Waals surface area (Å²) >= 11 is 0. The molecule has 2 aliphatic heterocycles. The molecule has 2 amide bonds. The van der Waals surface area contributed by atoms with Crippen LogP contribution < -0.4 is 0 Å². The quantitative estimate of drug-likeness (QED) is 0.864. The molecule has 0 spiro atoms. The van der Waals surface area contributed by atoms with E-state index in [0.717, 1.165) is 12.8 Å². The highest BCUT2D eigenvalue weighted by Crippen LogP contribution is 2.44. The number of fused-ring (bicyclic) bond motifs is 5. The maximum Gasteiger partial charge on any atom is 0.409 e. The molecule has 2 atom stereocenters. The Labute approximate surface area is 163 Å². The van der Waals surface area contributed by atoms with Gasteiger partial charge in [-0.1, -0.05) is 48.5 Å². The molecule has 0 radical (unpaired) electrons. The van der Waals surface area contributed by atoms with Crippen molar-refractivity contribution in [1.82, 2.24) is 9.80 Å². The van der Waals surface area contributed by atoms with Gasteiger partial charge < -0.3 is 14.7 Å². The normalized spacial score (nSPS) is 22.7. The van der Waals surface area contributed by atoms with E-state index >= 15 is 0 Å². The third-order valence-corrected chi connectivity index (χ3v) is 6.30. The van der Waals surface area contributed by atoms with Crippen LogP contribution in [-0.2, 0) is 4.74 Å². The number of piperazine rings is 1. The molecule has 6 nitrogen and oxygen atoms in total. The minimum atomic E-state index is -0.889. The number of ether oxygens (including phenoxy) is 1. The maximum absolute atomic E-state index is 12.7. The van der Waals surface area contributed by atoms with Gasteiger partial charge in [-0.05, 0) is 35.1 Å². The van der Waals surface area contributed by atoms with Gasteiger partial charge in [0.2, 0.25) is 0 Å². The first-order valence-corrected chi connectivity index (χ1v) is 9.74. The summed E-state index contributed by atoms with van der Waals surface area (Å²) in [4.78, 5) is 27.3. The summed E-state index contributed by atoms with van der Waals surface area (Å²) in [6, 6.07) is 16.3. The number of carbonyl (C=O) groups is 2. The summed E-state index contributed by atoms with van der Waals surface area (Å²) in [5, 5.41) is 9.37. The van der Waals surface area contributed by atoms with Gasteiger partial charge in [0.25, 0.3) is 0 Å². The van der Waals surface area contributed by atoms with E-state index in [1.165, 1.54) is 27.2 Å². The van der Waals surface area contributed by atoms with E-state index in [1.54, 1.807) is 4.90 Å². The third-order valence-electron chi connectivity index (χ3n) is 6.30. The van der Waals surface area contributed by atoms with Crippen LogP contribution in [0.4, 0.5) is 9.59 Å². The molecule has 28 heavy (non-hydrogen) atoms. The molecular formula is C22H22N2O4. The van der Waals surface area contributed by atoms with Gasteiger partial charge in [0.1, 0.15) is 6.61 Å². The second-order valence-corrected chi connectivity index (χ2v) is 7.78. The Kier molecular flexibility index (Phi) is 4.00. The summed E-state index contributed by atoms with van der Waals surface area (Å²) < 4.78 is 5.72. The van der Waals surface area contributed by atoms with Crippen molar-refractivity contribution in [3.05, 3.63) is 59.7 Å². The van der Waals surface area contributed by atoms with Gasteiger partial charge in [-0.15, -0.1) is 0 Å². The molecule has 2 unspecified atom stereocenters. The highest BCUT2D eigenvalue weighted by molar-refractivity contribution is 5.79. The smallest absolute Gasteiger partial charge is 0.409 e. The maximum atomic E-state index is 12.7. The Balaban J connectivity index is 1.30. The van der Waals surface area contributed by atoms with Gasteiger partial charge in [-0.2, -0.15) is 0 Å². The Morgan fingerprint density at radius 1 is 0.929 bits per heavy atom. The van der Waals surface area contributed by atoms with E-state index in [9.17, 15) is 14.7 Å². The third kappa shape index (κ3) is 2.63. The number of carbonyl (C=O) groups excluding carboxylic acids is 1. The van der Waals surface area contributed by atoms with Crippen LogP contribution in [0.1, 0.15) is 29.9 Å².